The molecule has 4 aromatic rings. The van der Waals surface area contributed by atoms with Crippen LogP contribution in [0, 0.1) is 0 Å². The van der Waals surface area contributed by atoms with Crippen LogP contribution in [0.3, 0.4) is 0 Å². The van der Waals surface area contributed by atoms with Crippen molar-refractivity contribution in [1.29, 1.82) is 0 Å². The molecule has 0 aliphatic rings. The Labute approximate surface area is 170 Å². The third kappa shape index (κ3) is 4.33. The van der Waals surface area contributed by atoms with E-state index in [4.69, 9.17) is 4.74 Å². The third-order valence-electron chi connectivity index (χ3n) is 4.59. The van der Waals surface area contributed by atoms with Gasteiger partial charge in [0.15, 0.2) is 0 Å². The monoisotopic (exact) mass is 376 g/mol. The van der Waals surface area contributed by atoms with Gasteiger partial charge in [-0.3, -0.25) is 0 Å². The summed E-state index contributed by atoms with van der Waals surface area (Å²) in [4.78, 5) is 12.9. The standard InChI is InChI=1S/C27H20O2/c28-27(24-19-11-4-12-20-24)29-26(23-17-9-3-10-18-23)25(21-13-5-1-6-14-21)22-15-7-2-8-16-22/h1-20H. The molecule has 0 saturated heterocycles. The highest BCUT2D eigenvalue weighted by atomic mass is 16.5. The fourth-order valence-corrected chi connectivity index (χ4v) is 3.21. The van der Waals surface area contributed by atoms with Gasteiger partial charge in [-0.2, -0.15) is 0 Å². The number of hydrogen-bond acceptors (Lipinski definition) is 2. The van der Waals surface area contributed by atoms with Crippen LogP contribution in [-0.2, 0) is 4.74 Å². The van der Waals surface area contributed by atoms with Gasteiger partial charge in [0.25, 0.3) is 0 Å². The van der Waals surface area contributed by atoms with E-state index in [0.29, 0.717) is 11.3 Å². The Morgan fingerprint density at radius 3 is 1.21 bits per heavy atom. The first-order valence-corrected chi connectivity index (χ1v) is 9.51. The zero-order valence-electron chi connectivity index (χ0n) is 15.9. The van der Waals surface area contributed by atoms with E-state index in [-0.39, 0.29) is 5.97 Å². The molecule has 0 bridgehead atoms. The lowest BCUT2D eigenvalue weighted by molar-refractivity contribution is 0.0693. The average Bonchev–Trinajstić information content (AvgIpc) is 2.81. The molecule has 0 amide bonds. The molecule has 0 N–H and O–H groups in total. The lowest BCUT2D eigenvalue weighted by Crippen LogP contribution is -2.07. The van der Waals surface area contributed by atoms with Crippen molar-refractivity contribution in [3.05, 3.63) is 144 Å². The summed E-state index contributed by atoms with van der Waals surface area (Å²) in [6, 6.07) is 38.8. The van der Waals surface area contributed by atoms with Gasteiger partial charge in [-0.1, -0.05) is 109 Å². The molecule has 0 aromatic heterocycles. The molecule has 0 unspecified atom stereocenters. The van der Waals surface area contributed by atoms with Crippen LogP contribution in [0.4, 0.5) is 0 Å². The first-order chi connectivity index (χ1) is 14.3. The number of ether oxygens (including phenoxy) is 1. The van der Waals surface area contributed by atoms with Crippen LogP contribution >= 0.6 is 0 Å². The second kappa shape index (κ2) is 8.85. The molecule has 0 atom stereocenters. The molecular formula is C27H20O2. The predicted octanol–water partition coefficient (Wildman–Crippen LogP) is 6.46. The fourth-order valence-electron chi connectivity index (χ4n) is 3.21. The van der Waals surface area contributed by atoms with Gasteiger partial charge in [0.05, 0.1) is 5.56 Å². The Kier molecular flexibility index (Phi) is 5.63. The number of esters is 1. The molecule has 4 rings (SSSR count). The molecule has 29 heavy (non-hydrogen) atoms. The summed E-state index contributed by atoms with van der Waals surface area (Å²) < 4.78 is 6.03. The van der Waals surface area contributed by atoms with Gasteiger partial charge >= 0.3 is 5.97 Å². The van der Waals surface area contributed by atoms with Gasteiger partial charge in [-0.15, -0.1) is 0 Å². The highest BCUT2D eigenvalue weighted by molar-refractivity contribution is 6.01. The van der Waals surface area contributed by atoms with E-state index in [1.165, 1.54) is 0 Å². The smallest absolute Gasteiger partial charge is 0.343 e. The van der Waals surface area contributed by atoms with Crippen LogP contribution in [0.5, 0.6) is 0 Å². The molecule has 0 saturated carbocycles. The van der Waals surface area contributed by atoms with E-state index in [2.05, 4.69) is 0 Å². The number of hydrogen-bond donors (Lipinski definition) is 0. The summed E-state index contributed by atoms with van der Waals surface area (Å²) in [6.45, 7) is 0. The van der Waals surface area contributed by atoms with Crippen molar-refractivity contribution in [3.8, 4) is 0 Å². The Balaban J connectivity index is 1.92. The molecule has 0 fully saturated rings. The third-order valence-corrected chi connectivity index (χ3v) is 4.59. The van der Waals surface area contributed by atoms with Gasteiger partial charge in [-0.05, 0) is 23.3 Å². The lowest BCUT2D eigenvalue weighted by atomic mass is 9.94. The average molecular weight is 376 g/mol. The number of carbonyl (C=O) groups is 1. The molecule has 2 heteroatoms. The summed E-state index contributed by atoms with van der Waals surface area (Å²) in [7, 11) is 0. The quantitative estimate of drug-likeness (QED) is 0.227. The van der Waals surface area contributed by atoms with Gasteiger partial charge in [0.2, 0.25) is 0 Å². The van der Waals surface area contributed by atoms with Crippen molar-refractivity contribution in [2.45, 2.75) is 0 Å². The molecule has 140 valence electrons. The van der Waals surface area contributed by atoms with Gasteiger partial charge in [0.1, 0.15) is 5.76 Å². The normalized spacial score (nSPS) is 10.2. The first-order valence-electron chi connectivity index (χ1n) is 9.51. The van der Waals surface area contributed by atoms with E-state index in [1.54, 1.807) is 12.1 Å². The van der Waals surface area contributed by atoms with Crippen LogP contribution in [0.2, 0.25) is 0 Å². The minimum absolute atomic E-state index is 0.381. The Morgan fingerprint density at radius 1 is 0.448 bits per heavy atom. The molecule has 4 aromatic carbocycles. The van der Waals surface area contributed by atoms with Crippen LogP contribution in [0.1, 0.15) is 27.0 Å². The zero-order chi connectivity index (χ0) is 19.9. The highest BCUT2D eigenvalue weighted by Crippen LogP contribution is 2.33. The minimum atomic E-state index is -0.381. The molecule has 0 aliphatic carbocycles. The van der Waals surface area contributed by atoms with Crippen LogP contribution < -0.4 is 0 Å². The van der Waals surface area contributed by atoms with Crippen molar-refractivity contribution in [2.75, 3.05) is 0 Å². The van der Waals surface area contributed by atoms with E-state index < -0.39 is 0 Å². The van der Waals surface area contributed by atoms with E-state index >= 15 is 0 Å². The summed E-state index contributed by atoms with van der Waals surface area (Å²) in [5, 5.41) is 0. The summed E-state index contributed by atoms with van der Waals surface area (Å²) in [5.41, 5.74) is 4.21. The van der Waals surface area contributed by atoms with Crippen LogP contribution in [0.15, 0.2) is 121 Å². The highest BCUT2D eigenvalue weighted by Gasteiger charge is 2.19. The largest absolute Gasteiger partial charge is 0.422 e. The number of rotatable bonds is 5. The second-order valence-corrected chi connectivity index (χ2v) is 6.56. The molecule has 0 aliphatic heterocycles. The number of benzene rings is 4. The minimum Gasteiger partial charge on any atom is -0.422 e. The molecule has 0 heterocycles. The van der Waals surface area contributed by atoms with Crippen LogP contribution in [0.25, 0.3) is 11.3 Å². The Morgan fingerprint density at radius 2 is 0.793 bits per heavy atom. The van der Waals surface area contributed by atoms with Crippen LogP contribution in [-0.4, -0.2) is 5.97 Å². The van der Waals surface area contributed by atoms with Crippen molar-refractivity contribution < 1.29 is 9.53 Å². The maximum Gasteiger partial charge on any atom is 0.343 e. The SMILES string of the molecule is O=C(OC(=C(c1ccccc1)c1ccccc1)c1ccccc1)c1ccccc1. The summed E-state index contributed by atoms with van der Waals surface area (Å²) in [6.07, 6.45) is 0. The van der Waals surface area contributed by atoms with Crippen molar-refractivity contribution >= 4 is 17.3 Å². The molecule has 0 spiro atoms. The molecule has 2 nitrogen and oxygen atoms in total. The van der Waals surface area contributed by atoms with Crippen molar-refractivity contribution in [2.24, 2.45) is 0 Å². The Hall–Kier alpha value is -3.91. The van der Waals surface area contributed by atoms with E-state index in [1.807, 2.05) is 109 Å². The number of carbonyl (C=O) groups excluding carboxylic acids is 1. The van der Waals surface area contributed by atoms with Gasteiger partial charge < -0.3 is 4.74 Å². The topological polar surface area (TPSA) is 26.3 Å². The van der Waals surface area contributed by atoms with Crippen molar-refractivity contribution in [1.82, 2.24) is 0 Å². The molecular weight excluding hydrogens is 356 g/mol. The second-order valence-electron chi connectivity index (χ2n) is 6.56. The zero-order valence-corrected chi connectivity index (χ0v) is 15.9. The van der Waals surface area contributed by atoms with Gasteiger partial charge in [0, 0.05) is 11.1 Å². The Bertz CT molecular complexity index is 1060. The van der Waals surface area contributed by atoms with E-state index in [9.17, 15) is 4.79 Å². The molecule has 0 radical (unpaired) electrons. The fraction of sp³-hybridized carbons (Fsp3) is 0. The van der Waals surface area contributed by atoms with E-state index in [0.717, 1.165) is 22.3 Å². The maximum absolute atomic E-state index is 12.9. The summed E-state index contributed by atoms with van der Waals surface area (Å²) in [5.74, 6) is 0.158. The predicted molar refractivity (Wildman–Crippen MR) is 117 cm³/mol. The van der Waals surface area contributed by atoms with Gasteiger partial charge in [-0.25, -0.2) is 4.79 Å². The summed E-state index contributed by atoms with van der Waals surface area (Å²) >= 11 is 0. The maximum atomic E-state index is 12.9. The van der Waals surface area contributed by atoms with Crippen molar-refractivity contribution in [3.63, 3.8) is 0 Å². The first kappa shape index (κ1) is 18.5. The lowest BCUT2D eigenvalue weighted by Gasteiger charge is -2.17.